The van der Waals surface area contributed by atoms with E-state index in [9.17, 15) is 4.79 Å². The average Bonchev–Trinajstić information content (AvgIpc) is 3.27. The van der Waals surface area contributed by atoms with Gasteiger partial charge in [-0.2, -0.15) is 0 Å². The van der Waals surface area contributed by atoms with Gasteiger partial charge in [-0.1, -0.05) is 6.07 Å². The Morgan fingerprint density at radius 2 is 2.33 bits per heavy atom. The Morgan fingerprint density at radius 3 is 2.95 bits per heavy atom. The molecule has 0 atom stereocenters. The third-order valence-corrected chi connectivity index (χ3v) is 3.80. The summed E-state index contributed by atoms with van der Waals surface area (Å²) in [6, 6.07) is 6.02. The predicted molar refractivity (Wildman–Crippen MR) is 81.7 cm³/mol. The van der Waals surface area contributed by atoms with Crippen LogP contribution < -0.4 is 5.73 Å². The van der Waals surface area contributed by atoms with Crippen molar-refractivity contribution < 1.29 is 4.79 Å². The van der Waals surface area contributed by atoms with Gasteiger partial charge >= 0.3 is 0 Å². The molecule has 0 spiro atoms. The highest BCUT2D eigenvalue weighted by Crippen LogP contribution is 2.30. The molecule has 5 heteroatoms. The summed E-state index contributed by atoms with van der Waals surface area (Å²) >= 11 is 0. The smallest absolute Gasteiger partial charge is 0.271 e. The van der Waals surface area contributed by atoms with Crippen molar-refractivity contribution in [2.45, 2.75) is 38.9 Å². The number of nitrogens with zero attached hydrogens (tertiary/aromatic N) is 3. The molecule has 21 heavy (non-hydrogen) atoms. The molecule has 1 fully saturated rings. The molecule has 2 aromatic heterocycles. The molecular formula is C16H20N4O. The van der Waals surface area contributed by atoms with Gasteiger partial charge < -0.3 is 15.2 Å². The van der Waals surface area contributed by atoms with Crippen LogP contribution in [0.5, 0.6) is 0 Å². The van der Waals surface area contributed by atoms with Crippen molar-refractivity contribution >= 4 is 11.6 Å². The Balaban J connectivity index is 1.85. The zero-order valence-corrected chi connectivity index (χ0v) is 12.2. The molecule has 2 heterocycles. The molecular weight excluding hydrogens is 264 g/mol. The van der Waals surface area contributed by atoms with E-state index in [1.807, 2.05) is 40.9 Å². The highest BCUT2D eigenvalue weighted by Gasteiger charge is 2.34. The lowest BCUT2D eigenvalue weighted by Crippen LogP contribution is -2.34. The average molecular weight is 284 g/mol. The maximum Gasteiger partial charge on any atom is 0.271 e. The Labute approximate surface area is 124 Å². The Kier molecular flexibility index (Phi) is 3.64. The van der Waals surface area contributed by atoms with Crippen LogP contribution in [0.4, 0.5) is 5.69 Å². The third kappa shape index (κ3) is 2.91. The number of nitrogens with two attached hydrogens (primary N) is 1. The number of amides is 1. The molecule has 3 rings (SSSR count). The van der Waals surface area contributed by atoms with E-state index in [1.165, 1.54) is 0 Å². The Hall–Kier alpha value is -2.30. The summed E-state index contributed by atoms with van der Waals surface area (Å²) in [5, 5.41) is 0. The highest BCUT2D eigenvalue weighted by molar-refractivity contribution is 5.94. The highest BCUT2D eigenvalue weighted by atomic mass is 16.2. The summed E-state index contributed by atoms with van der Waals surface area (Å²) in [4.78, 5) is 18.9. The van der Waals surface area contributed by atoms with Crippen LogP contribution in [-0.2, 0) is 13.1 Å². The van der Waals surface area contributed by atoms with Crippen molar-refractivity contribution in [2.24, 2.45) is 0 Å². The van der Waals surface area contributed by atoms with E-state index in [-0.39, 0.29) is 5.91 Å². The second-order valence-corrected chi connectivity index (χ2v) is 5.47. The normalized spacial score (nSPS) is 14.1. The van der Waals surface area contributed by atoms with Crippen molar-refractivity contribution in [1.29, 1.82) is 0 Å². The molecule has 0 aliphatic heterocycles. The van der Waals surface area contributed by atoms with Gasteiger partial charge in [0.15, 0.2) is 0 Å². The first kappa shape index (κ1) is 13.7. The van der Waals surface area contributed by atoms with Crippen molar-refractivity contribution in [1.82, 2.24) is 14.5 Å². The van der Waals surface area contributed by atoms with Crippen molar-refractivity contribution in [3.05, 3.63) is 48.0 Å². The summed E-state index contributed by atoms with van der Waals surface area (Å²) in [5.41, 5.74) is 8.20. The molecule has 0 bridgehead atoms. The molecule has 0 aromatic carbocycles. The molecule has 0 saturated heterocycles. The van der Waals surface area contributed by atoms with Gasteiger partial charge in [0, 0.05) is 37.7 Å². The number of nitrogen functional groups attached to an aromatic ring is 1. The first-order valence-corrected chi connectivity index (χ1v) is 7.34. The molecule has 110 valence electrons. The number of aryl methyl sites for hydroxylation is 1. The largest absolute Gasteiger partial charge is 0.397 e. The van der Waals surface area contributed by atoms with Crippen LogP contribution >= 0.6 is 0 Å². The molecule has 2 N–H and O–H groups in total. The zero-order valence-electron chi connectivity index (χ0n) is 12.2. The van der Waals surface area contributed by atoms with Gasteiger partial charge in [0.05, 0.1) is 5.69 Å². The number of carbonyl (C=O) groups is 1. The molecule has 1 amide bonds. The minimum atomic E-state index is 0.0555. The van der Waals surface area contributed by atoms with Crippen molar-refractivity contribution in [3.8, 4) is 0 Å². The van der Waals surface area contributed by atoms with E-state index >= 15 is 0 Å². The number of rotatable bonds is 5. The van der Waals surface area contributed by atoms with Crippen LogP contribution in [0, 0.1) is 0 Å². The minimum absolute atomic E-state index is 0.0555. The molecule has 0 radical (unpaired) electrons. The SMILES string of the molecule is CCn1cc(N)cc1C(=O)N(Cc1cccnc1)C1CC1. The van der Waals surface area contributed by atoms with Crippen LogP contribution in [0.1, 0.15) is 35.8 Å². The van der Waals surface area contributed by atoms with E-state index in [0.717, 1.165) is 24.9 Å². The van der Waals surface area contributed by atoms with Crippen LogP contribution in [0.25, 0.3) is 0 Å². The summed E-state index contributed by atoms with van der Waals surface area (Å²) < 4.78 is 1.91. The molecule has 2 aromatic rings. The van der Waals surface area contributed by atoms with Crippen LogP contribution in [0.3, 0.4) is 0 Å². The predicted octanol–water partition coefficient (Wildman–Crippen LogP) is 2.29. The van der Waals surface area contributed by atoms with Crippen molar-refractivity contribution in [2.75, 3.05) is 5.73 Å². The lowest BCUT2D eigenvalue weighted by atomic mass is 10.2. The fourth-order valence-electron chi connectivity index (χ4n) is 2.56. The second-order valence-electron chi connectivity index (χ2n) is 5.47. The first-order chi connectivity index (χ1) is 10.2. The lowest BCUT2D eigenvalue weighted by Gasteiger charge is -2.23. The summed E-state index contributed by atoms with van der Waals surface area (Å²) in [6.45, 7) is 3.36. The fraction of sp³-hybridized carbons (Fsp3) is 0.375. The quantitative estimate of drug-likeness (QED) is 0.916. The second kappa shape index (κ2) is 5.60. The van der Waals surface area contributed by atoms with E-state index in [4.69, 9.17) is 5.73 Å². The molecule has 1 aliphatic carbocycles. The Bertz CT molecular complexity index is 631. The van der Waals surface area contributed by atoms with Gasteiger partial charge in [-0.25, -0.2) is 0 Å². The molecule has 0 unspecified atom stereocenters. The van der Waals surface area contributed by atoms with Crippen molar-refractivity contribution in [3.63, 3.8) is 0 Å². The number of carbonyl (C=O) groups excluding carboxylic acids is 1. The van der Waals surface area contributed by atoms with E-state index in [0.29, 0.717) is 24.0 Å². The van der Waals surface area contributed by atoms with Crippen LogP contribution in [0.2, 0.25) is 0 Å². The van der Waals surface area contributed by atoms with Gasteiger partial charge in [-0.15, -0.1) is 0 Å². The zero-order chi connectivity index (χ0) is 14.8. The van der Waals surface area contributed by atoms with Gasteiger partial charge in [0.2, 0.25) is 0 Å². The van der Waals surface area contributed by atoms with E-state index < -0.39 is 0 Å². The molecule has 1 saturated carbocycles. The number of aromatic nitrogens is 2. The van der Waals surface area contributed by atoms with Crippen LogP contribution in [0.15, 0.2) is 36.8 Å². The summed E-state index contributed by atoms with van der Waals surface area (Å²) in [5.74, 6) is 0.0555. The number of hydrogen-bond acceptors (Lipinski definition) is 3. The van der Waals surface area contributed by atoms with Crippen LogP contribution in [-0.4, -0.2) is 26.4 Å². The summed E-state index contributed by atoms with van der Waals surface area (Å²) in [6.07, 6.45) is 7.54. The topological polar surface area (TPSA) is 64.2 Å². The summed E-state index contributed by atoms with van der Waals surface area (Å²) in [7, 11) is 0. The van der Waals surface area contributed by atoms with Gasteiger partial charge in [-0.3, -0.25) is 9.78 Å². The molecule has 5 nitrogen and oxygen atoms in total. The fourth-order valence-corrected chi connectivity index (χ4v) is 2.56. The van der Waals surface area contributed by atoms with Gasteiger partial charge in [-0.05, 0) is 37.5 Å². The number of anilines is 1. The lowest BCUT2D eigenvalue weighted by molar-refractivity contribution is 0.0719. The van der Waals surface area contributed by atoms with E-state index in [1.54, 1.807) is 12.3 Å². The number of hydrogen-bond donors (Lipinski definition) is 1. The number of pyridine rings is 1. The molecule has 1 aliphatic rings. The van der Waals surface area contributed by atoms with E-state index in [2.05, 4.69) is 4.98 Å². The first-order valence-electron chi connectivity index (χ1n) is 7.34. The van der Waals surface area contributed by atoms with Gasteiger partial charge in [0.25, 0.3) is 5.91 Å². The Morgan fingerprint density at radius 1 is 1.52 bits per heavy atom. The monoisotopic (exact) mass is 284 g/mol. The maximum absolute atomic E-state index is 12.9. The minimum Gasteiger partial charge on any atom is -0.397 e. The van der Waals surface area contributed by atoms with Gasteiger partial charge in [0.1, 0.15) is 5.69 Å². The standard InChI is InChI=1S/C16H20N4O/c1-2-19-11-13(17)8-15(19)16(21)20(14-5-6-14)10-12-4-3-7-18-9-12/h3-4,7-9,11,14H,2,5-6,10,17H2,1H3. The third-order valence-electron chi connectivity index (χ3n) is 3.80. The maximum atomic E-state index is 12.9.